The van der Waals surface area contributed by atoms with E-state index >= 15 is 0 Å². The molecule has 4 rings (SSSR count). The van der Waals surface area contributed by atoms with Gasteiger partial charge >= 0.3 is 5.97 Å². The van der Waals surface area contributed by atoms with E-state index in [4.69, 9.17) is 10.1 Å². The minimum atomic E-state index is -0.831. The molecule has 1 saturated heterocycles. The van der Waals surface area contributed by atoms with Crippen molar-refractivity contribution in [3.63, 3.8) is 0 Å². The number of carboxylic acids is 1. The number of piperidine rings is 1. The molecule has 0 spiro atoms. The van der Waals surface area contributed by atoms with Crippen molar-refractivity contribution in [1.82, 2.24) is 9.88 Å². The van der Waals surface area contributed by atoms with Gasteiger partial charge in [0.05, 0.1) is 16.3 Å². The number of thiazole rings is 1. The molecule has 3 heterocycles. The molecule has 122 valence electrons. The molecule has 23 heavy (non-hydrogen) atoms. The zero-order valence-electron chi connectivity index (χ0n) is 13.0. The SMILES string of the molecule is O=C(O)c1csc(CN2CCC(c3nc4c(s3)CCC4)CC2)c1. The number of hydrogen-bond acceptors (Lipinski definition) is 5. The van der Waals surface area contributed by atoms with Crippen molar-refractivity contribution in [3.05, 3.63) is 37.5 Å². The van der Waals surface area contributed by atoms with Crippen LogP contribution in [0.1, 0.15) is 56.0 Å². The summed E-state index contributed by atoms with van der Waals surface area (Å²) in [5.74, 6) is -0.206. The van der Waals surface area contributed by atoms with E-state index in [2.05, 4.69) is 4.90 Å². The Morgan fingerprint density at radius 2 is 2.17 bits per heavy atom. The third-order valence-electron chi connectivity index (χ3n) is 4.83. The average Bonchev–Trinajstić information content (AvgIpc) is 3.22. The topological polar surface area (TPSA) is 53.4 Å². The number of rotatable bonds is 4. The largest absolute Gasteiger partial charge is 0.478 e. The number of likely N-dealkylation sites (tertiary alicyclic amines) is 1. The highest BCUT2D eigenvalue weighted by molar-refractivity contribution is 7.11. The number of fused-ring (bicyclic) bond motifs is 1. The van der Waals surface area contributed by atoms with Crippen molar-refractivity contribution < 1.29 is 9.90 Å². The Balaban J connectivity index is 1.34. The first-order valence-electron chi connectivity index (χ1n) is 8.20. The van der Waals surface area contributed by atoms with E-state index in [-0.39, 0.29) is 0 Å². The Kier molecular flexibility index (Phi) is 4.22. The van der Waals surface area contributed by atoms with Gasteiger partial charge in [0.25, 0.3) is 0 Å². The summed E-state index contributed by atoms with van der Waals surface area (Å²) in [6, 6.07) is 1.81. The van der Waals surface area contributed by atoms with Crippen LogP contribution < -0.4 is 0 Å². The van der Waals surface area contributed by atoms with Gasteiger partial charge in [-0.2, -0.15) is 0 Å². The molecule has 0 saturated carbocycles. The molecule has 0 unspecified atom stereocenters. The third kappa shape index (κ3) is 3.20. The zero-order chi connectivity index (χ0) is 15.8. The van der Waals surface area contributed by atoms with E-state index in [9.17, 15) is 4.79 Å². The van der Waals surface area contributed by atoms with Crippen LogP contribution in [0.3, 0.4) is 0 Å². The van der Waals surface area contributed by atoms with Crippen molar-refractivity contribution in [2.24, 2.45) is 0 Å². The van der Waals surface area contributed by atoms with Gasteiger partial charge in [-0.05, 0) is 51.3 Å². The maximum atomic E-state index is 11.0. The maximum Gasteiger partial charge on any atom is 0.336 e. The van der Waals surface area contributed by atoms with Gasteiger partial charge in [-0.15, -0.1) is 22.7 Å². The number of carbonyl (C=O) groups is 1. The predicted octanol–water partition coefficient (Wildman–Crippen LogP) is 3.77. The van der Waals surface area contributed by atoms with Crippen molar-refractivity contribution in [2.45, 2.75) is 44.6 Å². The molecular weight excluding hydrogens is 328 g/mol. The monoisotopic (exact) mass is 348 g/mol. The Bertz CT molecular complexity index is 693. The number of aromatic nitrogens is 1. The van der Waals surface area contributed by atoms with E-state index in [0.717, 1.165) is 24.5 Å². The first kappa shape index (κ1) is 15.3. The molecule has 0 amide bonds. The summed E-state index contributed by atoms with van der Waals surface area (Å²) in [5, 5.41) is 12.1. The summed E-state index contributed by atoms with van der Waals surface area (Å²) >= 11 is 3.50. The molecule has 1 aliphatic heterocycles. The molecule has 0 aromatic carbocycles. The number of thiophene rings is 1. The Morgan fingerprint density at radius 3 is 2.87 bits per heavy atom. The lowest BCUT2D eigenvalue weighted by molar-refractivity contribution is 0.0697. The summed E-state index contributed by atoms with van der Waals surface area (Å²) in [5.41, 5.74) is 1.78. The van der Waals surface area contributed by atoms with Gasteiger partial charge in [-0.25, -0.2) is 9.78 Å². The van der Waals surface area contributed by atoms with Crippen molar-refractivity contribution in [2.75, 3.05) is 13.1 Å². The first-order valence-corrected chi connectivity index (χ1v) is 9.90. The second-order valence-electron chi connectivity index (χ2n) is 6.43. The second kappa shape index (κ2) is 6.34. The summed E-state index contributed by atoms with van der Waals surface area (Å²) in [4.78, 5) is 21.0. The molecule has 6 heteroatoms. The van der Waals surface area contributed by atoms with E-state index in [0.29, 0.717) is 11.5 Å². The molecule has 1 fully saturated rings. The predicted molar refractivity (Wildman–Crippen MR) is 92.7 cm³/mol. The van der Waals surface area contributed by atoms with Crippen LogP contribution in [0.25, 0.3) is 0 Å². The second-order valence-corrected chi connectivity index (χ2v) is 8.54. The van der Waals surface area contributed by atoms with E-state index < -0.39 is 5.97 Å². The molecule has 0 radical (unpaired) electrons. The summed E-state index contributed by atoms with van der Waals surface area (Å²) in [6.45, 7) is 3.03. The lowest BCUT2D eigenvalue weighted by atomic mass is 9.97. The lowest BCUT2D eigenvalue weighted by Gasteiger charge is -2.30. The minimum absolute atomic E-state index is 0.414. The fourth-order valence-corrected chi connectivity index (χ4v) is 5.74. The molecule has 0 atom stereocenters. The van der Waals surface area contributed by atoms with Gasteiger partial charge in [-0.1, -0.05) is 0 Å². The molecule has 1 N–H and O–H groups in total. The van der Waals surface area contributed by atoms with Crippen molar-refractivity contribution in [3.8, 4) is 0 Å². The molecule has 2 aromatic rings. The normalized spacial score (nSPS) is 19.1. The molecule has 2 aromatic heterocycles. The number of carboxylic acid groups (broad SMARTS) is 1. The fraction of sp³-hybridized carbons (Fsp3) is 0.529. The minimum Gasteiger partial charge on any atom is -0.478 e. The number of aryl methyl sites for hydroxylation is 2. The highest BCUT2D eigenvalue weighted by atomic mass is 32.1. The quantitative estimate of drug-likeness (QED) is 0.914. The molecule has 2 aliphatic rings. The van der Waals surface area contributed by atoms with Crippen LogP contribution in [-0.4, -0.2) is 34.0 Å². The lowest BCUT2D eigenvalue weighted by Crippen LogP contribution is -2.32. The van der Waals surface area contributed by atoms with Crippen LogP contribution in [-0.2, 0) is 19.4 Å². The number of hydrogen-bond donors (Lipinski definition) is 1. The van der Waals surface area contributed by atoms with Crippen LogP contribution in [0.4, 0.5) is 0 Å². The van der Waals surface area contributed by atoms with Crippen LogP contribution in [0.5, 0.6) is 0 Å². The van der Waals surface area contributed by atoms with Crippen LogP contribution in [0, 0.1) is 0 Å². The van der Waals surface area contributed by atoms with E-state index in [1.165, 1.54) is 47.7 Å². The van der Waals surface area contributed by atoms with Crippen LogP contribution in [0.15, 0.2) is 11.4 Å². The van der Waals surface area contributed by atoms with Crippen molar-refractivity contribution in [1.29, 1.82) is 0 Å². The molecule has 4 nitrogen and oxygen atoms in total. The van der Waals surface area contributed by atoms with Gasteiger partial charge in [0, 0.05) is 27.6 Å². The van der Waals surface area contributed by atoms with Crippen molar-refractivity contribution >= 4 is 28.6 Å². The third-order valence-corrected chi connectivity index (χ3v) is 7.07. The van der Waals surface area contributed by atoms with Gasteiger partial charge in [0.15, 0.2) is 0 Å². The number of nitrogens with zero attached hydrogens (tertiary/aromatic N) is 2. The van der Waals surface area contributed by atoms with E-state index in [1.807, 2.05) is 17.4 Å². The summed E-state index contributed by atoms with van der Waals surface area (Å²) in [6.07, 6.45) is 6.03. The Morgan fingerprint density at radius 1 is 1.35 bits per heavy atom. The fourth-order valence-electron chi connectivity index (χ4n) is 3.52. The smallest absolute Gasteiger partial charge is 0.336 e. The maximum absolute atomic E-state index is 11.0. The van der Waals surface area contributed by atoms with Gasteiger partial charge in [0.1, 0.15) is 0 Å². The first-order chi connectivity index (χ1) is 11.2. The number of aromatic carboxylic acids is 1. The highest BCUT2D eigenvalue weighted by Gasteiger charge is 2.26. The summed E-state index contributed by atoms with van der Waals surface area (Å²) in [7, 11) is 0. The van der Waals surface area contributed by atoms with Gasteiger partial charge < -0.3 is 5.11 Å². The Hall–Kier alpha value is -1.24. The molecular formula is C17H20N2O2S2. The standard InChI is InChI=1S/C17H20N2O2S2/c20-17(21)12-8-13(22-10-12)9-19-6-4-11(5-7-19)16-18-14-2-1-3-15(14)23-16/h8,10-11H,1-7,9H2,(H,20,21). The zero-order valence-corrected chi connectivity index (χ0v) is 14.6. The van der Waals surface area contributed by atoms with Gasteiger partial charge in [0.2, 0.25) is 0 Å². The van der Waals surface area contributed by atoms with Crippen LogP contribution >= 0.6 is 22.7 Å². The molecule has 0 bridgehead atoms. The average molecular weight is 348 g/mol. The summed E-state index contributed by atoms with van der Waals surface area (Å²) < 4.78 is 0. The van der Waals surface area contributed by atoms with Crippen LogP contribution in [0.2, 0.25) is 0 Å². The van der Waals surface area contributed by atoms with Gasteiger partial charge in [-0.3, -0.25) is 4.90 Å². The van der Waals surface area contributed by atoms with E-state index in [1.54, 1.807) is 16.7 Å². The highest BCUT2D eigenvalue weighted by Crippen LogP contribution is 2.36. The Labute approximate surface area is 143 Å². The molecule has 1 aliphatic carbocycles.